The van der Waals surface area contributed by atoms with Gasteiger partial charge in [-0.1, -0.05) is 26.0 Å². The second-order valence-corrected chi connectivity index (χ2v) is 4.40. The lowest BCUT2D eigenvalue weighted by Crippen LogP contribution is -1.96. The third-order valence-corrected chi connectivity index (χ3v) is 2.26. The Morgan fingerprint density at radius 3 is 2.21 bits per heavy atom. The Morgan fingerprint density at radius 1 is 1.21 bits per heavy atom. The van der Waals surface area contributed by atoms with Crippen LogP contribution in [0.1, 0.15) is 19.4 Å². The van der Waals surface area contributed by atoms with E-state index in [1.54, 1.807) is 12.1 Å². The largest absolute Gasteiger partial charge is 0.286 e. The molecule has 0 spiro atoms. The van der Waals surface area contributed by atoms with E-state index in [4.69, 9.17) is 0 Å². The van der Waals surface area contributed by atoms with Crippen LogP contribution in [0.2, 0.25) is 0 Å². The molecule has 1 N–H and O–H groups in total. The summed E-state index contributed by atoms with van der Waals surface area (Å²) in [7, 11) is -2.55. The molecule has 0 saturated heterocycles. The lowest BCUT2D eigenvalue weighted by molar-refractivity contribution is 0.619. The first-order chi connectivity index (χ1) is 6.58. The van der Waals surface area contributed by atoms with Crippen LogP contribution in [-0.2, 0) is 17.3 Å². The van der Waals surface area contributed by atoms with Gasteiger partial charge in [-0.05, 0) is 30.0 Å². The quantitative estimate of drug-likeness (QED) is 0.749. The van der Waals surface area contributed by atoms with Gasteiger partial charge in [-0.15, -0.1) is 0 Å². The predicted octanol–water partition coefficient (Wildman–Crippen LogP) is 1.82. The van der Waals surface area contributed by atoms with Crippen LogP contribution in [0.4, 0.5) is 5.69 Å². The van der Waals surface area contributed by atoms with Gasteiger partial charge in [-0.25, -0.2) is 8.42 Å². The molecule has 0 saturated carbocycles. The van der Waals surface area contributed by atoms with Crippen molar-refractivity contribution >= 4 is 16.6 Å². The predicted molar refractivity (Wildman–Crippen MR) is 58.9 cm³/mol. The number of nitrogens with one attached hydrogen (secondary N) is 1. The summed E-state index contributed by atoms with van der Waals surface area (Å²) in [4.78, 5) is 0. The van der Waals surface area contributed by atoms with Gasteiger partial charge in [-0.2, -0.15) is 0 Å². The molecular weight excluding hydrogens is 198 g/mol. The van der Waals surface area contributed by atoms with Crippen molar-refractivity contribution < 1.29 is 8.42 Å². The highest BCUT2D eigenvalue weighted by Crippen LogP contribution is 2.12. The molecule has 0 amide bonds. The van der Waals surface area contributed by atoms with Crippen molar-refractivity contribution in [3.05, 3.63) is 29.8 Å². The molecule has 3 nitrogen and oxygen atoms in total. The molecule has 0 unspecified atom stereocenters. The van der Waals surface area contributed by atoms with Crippen LogP contribution in [0.3, 0.4) is 0 Å². The van der Waals surface area contributed by atoms with Crippen LogP contribution in [0, 0.1) is 5.92 Å². The van der Waals surface area contributed by atoms with Crippen LogP contribution in [0.5, 0.6) is 0 Å². The van der Waals surface area contributed by atoms with Crippen LogP contribution in [0.25, 0.3) is 0 Å². The molecule has 0 atom stereocenters. The van der Waals surface area contributed by atoms with E-state index in [1.165, 1.54) is 5.56 Å². The maximum Gasteiger partial charge on any atom is 0.222 e. The maximum absolute atomic E-state index is 10.4. The van der Waals surface area contributed by atoms with Crippen molar-refractivity contribution in [3.63, 3.8) is 0 Å². The monoisotopic (exact) mass is 213 g/mol. The van der Waals surface area contributed by atoms with Crippen molar-refractivity contribution in [1.29, 1.82) is 0 Å². The molecule has 0 heterocycles. The third-order valence-electron chi connectivity index (χ3n) is 1.82. The Hall–Kier alpha value is -1.03. The summed E-state index contributed by atoms with van der Waals surface area (Å²) in [6.07, 6.45) is 1.02. The minimum absolute atomic E-state index is 0.616. The van der Waals surface area contributed by atoms with E-state index in [9.17, 15) is 8.42 Å². The zero-order valence-electron chi connectivity index (χ0n) is 8.36. The second kappa shape index (κ2) is 5.00. The topological polar surface area (TPSA) is 46.2 Å². The molecule has 78 valence electrons. The molecule has 0 aliphatic carbocycles. The summed E-state index contributed by atoms with van der Waals surface area (Å²) in [5, 5.41) is 0. The zero-order chi connectivity index (χ0) is 10.6. The Kier molecular flexibility index (Phi) is 3.95. The summed E-state index contributed by atoms with van der Waals surface area (Å²) >= 11 is 0. The van der Waals surface area contributed by atoms with Gasteiger partial charge in [-0.3, -0.25) is 4.72 Å². The lowest BCUT2D eigenvalue weighted by atomic mass is 10.0. The summed E-state index contributed by atoms with van der Waals surface area (Å²) in [6, 6.07) is 7.45. The Labute approximate surface area is 86.2 Å². The number of anilines is 1. The summed E-state index contributed by atoms with van der Waals surface area (Å²) in [5.41, 5.74) is 1.85. The smallest absolute Gasteiger partial charge is 0.222 e. The van der Waals surface area contributed by atoms with Crippen LogP contribution < -0.4 is 4.72 Å². The first-order valence-electron chi connectivity index (χ1n) is 4.58. The standard InChI is InChI=1S/C10H15NO2S/c1-8(2)7-9-3-5-10(6-4-9)11-14(12)13/h3-6,8,14H,7H2,1-2H3,(H,11,12,13). The number of thiol groups is 1. The molecule has 0 bridgehead atoms. The number of hydrogen-bond donors (Lipinski definition) is 2. The van der Waals surface area contributed by atoms with Crippen molar-refractivity contribution in [3.8, 4) is 0 Å². The van der Waals surface area contributed by atoms with Crippen LogP contribution in [-0.4, -0.2) is 8.42 Å². The van der Waals surface area contributed by atoms with E-state index in [-0.39, 0.29) is 0 Å². The molecule has 0 fully saturated rings. The highest BCUT2D eigenvalue weighted by atomic mass is 32.2. The maximum atomic E-state index is 10.4. The van der Waals surface area contributed by atoms with E-state index in [0.29, 0.717) is 11.6 Å². The zero-order valence-corrected chi connectivity index (χ0v) is 9.25. The Bertz CT molecular complexity index is 347. The molecule has 4 heteroatoms. The fraction of sp³-hybridized carbons (Fsp3) is 0.400. The van der Waals surface area contributed by atoms with E-state index in [2.05, 4.69) is 18.6 Å². The van der Waals surface area contributed by atoms with Gasteiger partial charge in [0.2, 0.25) is 10.9 Å². The normalized spacial score (nSPS) is 10.9. The number of hydrogen-bond acceptors (Lipinski definition) is 2. The molecular formula is C10H15NO2S. The molecule has 0 aliphatic rings. The number of rotatable bonds is 4. The van der Waals surface area contributed by atoms with Gasteiger partial charge in [0.05, 0.1) is 0 Å². The average molecular weight is 213 g/mol. The summed E-state index contributed by atoms with van der Waals surface area (Å²) in [6.45, 7) is 4.31. The van der Waals surface area contributed by atoms with E-state index < -0.39 is 10.9 Å². The van der Waals surface area contributed by atoms with Gasteiger partial charge >= 0.3 is 0 Å². The summed E-state index contributed by atoms with van der Waals surface area (Å²) in [5.74, 6) is 0.616. The van der Waals surface area contributed by atoms with Crippen molar-refractivity contribution in [1.82, 2.24) is 0 Å². The third kappa shape index (κ3) is 3.79. The van der Waals surface area contributed by atoms with Gasteiger partial charge in [0.25, 0.3) is 0 Å². The molecule has 14 heavy (non-hydrogen) atoms. The Balaban J connectivity index is 2.68. The SMILES string of the molecule is CC(C)Cc1ccc(N[SH](=O)=O)cc1. The Morgan fingerprint density at radius 2 is 1.79 bits per heavy atom. The van der Waals surface area contributed by atoms with E-state index >= 15 is 0 Å². The first-order valence-corrected chi connectivity index (χ1v) is 5.75. The van der Waals surface area contributed by atoms with E-state index in [0.717, 1.165) is 6.42 Å². The van der Waals surface area contributed by atoms with Gasteiger partial charge in [0, 0.05) is 5.69 Å². The van der Waals surface area contributed by atoms with E-state index in [1.807, 2.05) is 12.1 Å². The molecule has 1 rings (SSSR count). The molecule has 0 aliphatic heterocycles. The van der Waals surface area contributed by atoms with Gasteiger partial charge < -0.3 is 0 Å². The van der Waals surface area contributed by atoms with Crippen molar-refractivity contribution in [2.75, 3.05) is 4.72 Å². The van der Waals surface area contributed by atoms with Crippen molar-refractivity contribution in [2.45, 2.75) is 20.3 Å². The summed E-state index contributed by atoms with van der Waals surface area (Å²) < 4.78 is 23.1. The first kappa shape index (κ1) is 11.0. The van der Waals surface area contributed by atoms with Crippen molar-refractivity contribution in [2.24, 2.45) is 5.92 Å². The average Bonchev–Trinajstić information content (AvgIpc) is 2.06. The lowest BCUT2D eigenvalue weighted by Gasteiger charge is -2.05. The highest BCUT2D eigenvalue weighted by Gasteiger charge is 1.97. The fourth-order valence-corrected chi connectivity index (χ4v) is 1.65. The second-order valence-electron chi connectivity index (χ2n) is 3.66. The van der Waals surface area contributed by atoms with Crippen LogP contribution in [0.15, 0.2) is 24.3 Å². The number of benzene rings is 1. The fourth-order valence-electron chi connectivity index (χ4n) is 1.29. The minimum Gasteiger partial charge on any atom is -0.286 e. The molecule has 0 aromatic heterocycles. The minimum atomic E-state index is -2.55. The molecule has 0 radical (unpaired) electrons. The van der Waals surface area contributed by atoms with Gasteiger partial charge in [0.1, 0.15) is 0 Å². The highest BCUT2D eigenvalue weighted by molar-refractivity contribution is 7.73. The molecule has 1 aromatic carbocycles. The molecule has 1 aromatic rings. The van der Waals surface area contributed by atoms with Crippen LogP contribution >= 0.6 is 0 Å². The van der Waals surface area contributed by atoms with Gasteiger partial charge in [0.15, 0.2) is 0 Å².